The molecule has 4 aliphatic rings. The number of rotatable bonds is 1. The predicted octanol–water partition coefficient (Wildman–Crippen LogP) is -2.01. The fraction of sp³-hybridized carbons (Fsp3) is 0. The molecule has 1 N–H and O–H groups in total. The van der Waals surface area contributed by atoms with E-state index in [-0.39, 0.29) is 32.7 Å². The van der Waals surface area contributed by atoms with Crippen LogP contribution < -0.4 is 32.2 Å². The molecule has 0 heterocycles. The zero-order valence-electron chi connectivity index (χ0n) is 11.4. The van der Waals surface area contributed by atoms with Crippen LogP contribution in [0.5, 0.6) is 0 Å². The largest absolute Gasteiger partial charge is 0.478 e. The van der Waals surface area contributed by atoms with Gasteiger partial charge in [0.2, 0.25) is 5.43 Å². The number of carbonyl (C=O) groups is 1. The number of hydrogen-bond donors (Lipinski definition) is 1. The molecular weight excluding hydrogens is 300 g/mol. The zero-order valence-corrected chi connectivity index (χ0v) is 11.4. The second kappa shape index (κ2) is 4.07. The van der Waals surface area contributed by atoms with Gasteiger partial charge in [0.15, 0.2) is 16.3 Å². The van der Waals surface area contributed by atoms with Crippen LogP contribution in [0.3, 0.4) is 0 Å². The van der Waals surface area contributed by atoms with Crippen LogP contribution in [0.15, 0.2) is 49.5 Å². The van der Waals surface area contributed by atoms with E-state index >= 15 is 0 Å². The Labute approximate surface area is 126 Å². The molecule has 6 heteroatoms. The second-order valence-corrected chi connectivity index (χ2v) is 5.31. The zero-order chi connectivity index (χ0) is 16.5. The molecule has 0 atom stereocenters. The van der Waals surface area contributed by atoms with Crippen molar-refractivity contribution >= 4 is 17.1 Å². The molecular formula is C17H6O6. The molecule has 0 spiro atoms. The van der Waals surface area contributed by atoms with E-state index in [0.29, 0.717) is 0 Å². The third-order valence-corrected chi connectivity index (χ3v) is 4.08. The van der Waals surface area contributed by atoms with Crippen LogP contribution in [0.2, 0.25) is 0 Å². The van der Waals surface area contributed by atoms with Crippen molar-refractivity contribution in [3.63, 3.8) is 0 Å². The van der Waals surface area contributed by atoms with E-state index in [0.717, 1.165) is 18.2 Å². The highest BCUT2D eigenvalue weighted by Crippen LogP contribution is 2.25. The smallest absolute Gasteiger partial charge is 0.339 e. The van der Waals surface area contributed by atoms with Gasteiger partial charge in [-0.05, 0) is 30.3 Å². The Morgan fingerprint density at radius 1 is 0.739 bits per heavy atom. The molecule has 0 unspecified atom stereocenters. The van der Waals surface area contributed by atoms with Crippen molar-refractivity contribution in [1.29, 1.82) is 0 Å². The van der Waals surface area contributed by atoms with E-state index in [4.69, 9.17) is 5.11 Å². The van der Waals surface area contributed by atoms with Gasteiger partial charge < -0.3 is 5.11 Å². The summed E-state index contributed by atoms with van der Waals surface area (Å²) in [5.41, 5.74) is -2.58. The van der Waals surface area contributed by atoms with E-state index in [9.17, 15) is 24.0 Å². The fourth-order valence-electron chi connectivity index (χ4n) is 3.08. The molecule has 110 valence electrons. The highest BCUT2D eigenvalue weighted by atomic mass is 16.4. The molecule has 0 radical (unpaired) electrons. The van der Waals surface area contributed by atoms with Crippen LogP contribution in [0, 0.1) is 0 Å². The van der Waals surface area contributed by atoms with Gasteiger partial charge >= 0.3 is 5.97 Å². The Balaban J connectivity index is 2.46. The summed E-state index contributed by atoms with van der Waals surface area (Å²) in [6.07, 6.45) is 0. The molecule has 0 saturated carbocycles. The van der Waals surface area contributed by atoms with Gasteiger partial charge in [-0.25, -0.2) is 4.79 Å². The monoisotopic (exact) mass is 306 g/mol. The van der Waals surface area contributed by atoms with Crippen LogP contribution >= 0.6 is 0 Å². The molecule has 0 fully saturated rings. The molecule has 6 nitrogen and oxygen atoms in total. The topological polar surface area (TPSA) is 106 Å². The highest BCUT2D eigenvalue weighted by molar-refractivity contribution is 6.07. The fourth-order valence-corrected chi connectivity index (χ4v) is 3.08. The normalized spacial score (nSPS) is 13.2. The number of hydrogen-bond acceptors (Lipinski definition) is 5. The molecule has 4 aliphatic carbocycles. The lowest BCUT2D eigenvalue weighted by Gasteiger charge is -2.18. The van der Waals surface area contributed by atoms with Gasteiger partial charge in [0, 0.05) is 32.7 Å². The van der Waals surface area contributed by atoms with Gasteiger partial charge in [-0.2, -0.15) is 0 Å². The van der Waals surface area contributed by atoms with Crippen molar-refractivity contribution in [3.8, 4) is 0 Å². The molecule has 0 amide bonds. The maximum Gasteiger partial charge on any atom is 0.339 e. The Hall–Kier alpha value is -3.41. The van der Waals surface area contributed by atoms with E-state index in [1.807, 2.05) is 0 Å². The molecule has 0 aromatic rings. The van der Waals surface area contributed by atoms with E-state index in [1.165, 1.54) is 12.1 Å². The van der Waals surface area contributed by atoms with Gasteiger partial charge in [0.05, 0.1) is 0 Å². The summed E-state index contributed by atoms with van der Waals surface area (Å²) < 4.78 is 0. The van der Waals surface area contributed by atoms with Crippen molar-refractivity contribution < 1.29 is 9.90 Å². The minimum Gasteiger partial charge on any atom is -0.478 e. The third-order valence-electron chi connectivity index (χ3n) is 4.08. The van der Waals surface area contributed by atoms with Crippen molar-refractivity contribution in [2.24, 2.45) is 0 Å². The van der Waals surface area contributed by atoms with Gasteiger partial charge in [-0.3, -0.25) is 19.2 Å². The van der Waals surface area contributed by atoms with Crippen molar-refractivity contribution in [3.05, 3.63) is 98.4 Å². The van der Waals surface area contributed by atoms with Crippen LogP contribution in [0.1, 0.15) is 21.5 Å². The Morgan fingerprint density at radius 3 is 2.04 bits per heavy atom. The lowest BCUT2D eigenvalue weighted by molar-refractivity contribution is 0.0695. The standard InChI is InChI=1S/C17H6O6/c18-11-2-1-6-12(19)5-9-15-7(3-10(16(9)21)17(22)23)13(20)4-8(11)14(6)15/h1-5H,(H,22,23). The molecule has 0 aromatic carbocycles. The summed E-state index contributed by atoms with van der Waals surface area (Å²) in [6.45, 7) is 0. The summed E-state index contributed by atoms with van der Waals surface area (Å²) in [7, 11) is 0. The van der Waals surface area contributed by atoms with E-state index in [2.05, 4.69) is 0 Å². The first-order chi connectivity index (χ1) is 10.9. The first-order valence-corrected chi connectivity index (χ1v) is 6.64. The first kappa shape index (κ1) is 13.3. The molecule has 0 aliphatic heterocycles. The summed E-state index contributed by atoms with van der Waals surface area (Å²) in [6, 6.07) is 5.68. The second-order valence-electron chi connectivity index (χ2n) is 5.31. The number of carboxylic acid groups (broad SMARTS) is 1. The predicted molar refractivity (Wildman–Crippen MR) is 80.4 cm³/mol. The maximum atomic E-state index is 12.3. The van der Waals surface area contributed by atoms with Gasteiger partial charge in [0.25, 0.3) is 0 Å². The minimum absolute atomic E-state index is 0.0140. The number of carboxylic acids is 1. The molecule has 0 bridgehead atoms. The third kappa shape index (κ3) is 1.54. The average Bonchev–Trinajstić information content (AvgIpc) is 2.50. The average molecular weight is 306 g/mol. The van der Waals surface area contributed by atoms with Crippen LogP contribution in [0.25, 0.3) is 11.1 Å². The Morgan fingerprint density at radius 2 is 1.35 bits per heavy atom. The quantitative estimate of drug-likeness (QED) is 0.642. The van der Waals surface area contributed by atoms with Gasteiger partial charge in [0.1, 0.15) is 5.56 Å². The molecule has 23 heavy (non-hydrogen) atoms. The summed E-state index contributed by atoms with van der Waals surface area (Å²) >= 11 is 0. The van der Waals surface area contributed by atoms with E-state index < -0.39 is 33.2 Å². The first-order valence-electron chi connectivity index (χ1n) is 6.64. The lowest BCUT2D eigenvalue weighted by Crippen LogP contribution is -2.43. The Bertz CT molecular complexity index is 1300. The van der Waals surface area contributed by atoms with Crippen molar-refractivity contribution in [2.45, 2.75) is 0 Å². The van der Waals surface area contributed by atoms with Crippen LogP contribution in [0.4, 0.5) is 0 Å². The molecule has 0 saturated heterocycles. The number of aromatic carboxylic acids is 1. The molecule has 0 aromatic heterocycles. The van der Waals surface area contributed by atoms with E-state index in [1.54, 1.807) is 0 Å². The summed E-state index contributed by atoms with van der Waals surface area (Å²) in [5, 5.41) is 9.36. The molecule has 4 rings (SSSR count). The highest BCUT2D eigenvalue weighted by Gasteiger charge is 2.28. The lowest BCUT2D eigenvalue weighted by atomic mass is 9.81. The Kier molecular flexibility index (Phi) is 2.35. The van der Waals surface area contributed by atoms with Gasteiger partial charge in [-0.1, -0.05) is 0 Å². The van der Waals surface area contributed by atoms with Crippen LogP contribution in [-0.2, 0) is 0 Å². The van der Waals surface area contributed by atoms with Crippen molar-refractivity contribution in [2.75, 3.05) is 0 Å². The van der Waals surface area contributed by atoms with Gasteiger partial charge in [-0.15, -0.1) is 0 Å². The van der Waals surface area contributed by atoms with Crippen molar-refractivity contribution in [1.82, 2.24) is 0 Å². The SMILES string of the molecule is O=C(O)c1cc2c(=O)cc3c(=O)ccc4c(=O)cc(c1=O)C=2C=43. The summed E-state index contributed by atoms with van der Waals surface area (Å²) in [5.74, 6) is -1.48. The maximum absolute atomic E-state index is 12.3. The summed E-state index contributed by atoms with van der Waals surface area (Å²) in [4.78, 5) is 60.0. The minimum atomic E-state index is -1.48. The van der Waals surface area contributed by atoms with Crippen LogP contribution in [-0.4, -0.2) is 11.1 Å².